The maximum absolute atomic E-state index is 12.4. The minimum Gasteiger partial charge on any atom is -0.508 e. The number of carbonyl (C=O) groups is 1. The van der Waals surface area contributed by atoms with Crippen molar-refractivity contribution < 1.29 is 28.6 Å². The SMILES string of the molecule is [2H]OC(=O)[C@H](Cc1ccc(O)cc1)NP(=O)(OCC)OCC. The van der Waals surface area contributed by atoms with Crippen LogP contribution in [0.15, 0.2) is 24.3 Å². The Morgan fingerprint density at radius 2 is 1.90 bits per heavy atom. The van der Waals surface area contributed by atoms with Gasteiger partial charge in [0.1, 0.15) is 11.8 Å². The molecule has 0 aliphatic carbocycles. The van der Waals surface area contributed by atoms with Gasteiger partial charge in [-0.2, -0.15) is 0 Å². The van der Waals surface area contributed by atoms with Crippen molar-refractivity contribution in [2.24, 2.45) is 0 Å². The van der Waals surface area contributed by atoms with Crippen LogP contribution in [0.4, 0.5) is 0 Å². The Balaban J connectivity index is 2.90. The molecule has 0 spiro atoms. The Morgan fingerprint density at radius 3 is 2.38 bits per heavy atom. The number of nitrogens with one attached hydrogen (secondary N) is 1. The highest BCUT2D eigenvalue weighted by Crippen LogP contribution is 2.44. The van der Waals surface area contributed by atoms with Crippen molar-refractivity contribution in [2.45, 2.75) is 26.3 Å². The molecule has 8 heteroatoms. The number of rotatable bonds is 9. The van der Waals surface area contributed by atoms with E-state index in [-0.39, 0.29) is 25.4 Å². The molecular formula is C13H20NO6P. The summed E-state index contributed by atoms with van der Waals surface area (Å²) in [6, 6.07) is 5.05. The molecule has 1 rings (SSSR count). The molecule has 21 heavy (non-hydrogen) atoms. The van der Waals surface area contributed by atoms with Gasteiger partial charge in [-0.15, -0.1) is 0 Å². The number of hydrogen-bond acceptors (Lipinski definition) is 6. The molecule has 0 aromatic heterocycles. The molecule has 0 unspecified atom stereocenters. The third-order valence-corrected chi connectivity index (χ3v) is 4.40. The second-order valence-electron chi connectivity index (χ2n) is 4.20. The molecule has 0 heterocycles. The minimum absolute atomic E-state index is 0.0885. The van der Waals surface area contributed by atoms with Gasteiger partial charge >= 0.3 is 13.7 Å². The largest absolute Gasteiger partial charge is 0.508 e. The number of carboxylic acid groups (broad SMARTS) is 1. The van der Waals surface area contributed by atoms with Crippen LogP contribution in [0.25, 0.3) is 1.43 Å². The third-order valence-electron chi connectivity index (χ3n) is 2.57. The summed E-state index contributed by atoms with van der Waals surface area (Å²) in [5, 5.41) is 15.7. The summed E-state index contributed by atoms with van der Waals surface area (Å²) in [6.07, 6.45) is 0.0993. The average Bonchev–Trinajstić information content (AvgIpc) is 2.48. The second-order valence-corrected chi connectivity index (χ2v) is 5.97. The number of carboxylic acids is 1. The van der Waals surface area contributed by atoms with Crippen LogP contribution < -0.4 is 5.09 Å². The molecule has 0 amide bonds. The van der Waals surface area contributed by atoms with E-state index < -0.39 is 19.8 Å². The van der Waals surface area contributed by atoms with Crippen molar-refractivity contribution in [1.29, 1.82) is 1.43 Å². The molecule has 0 radical (unpaired) electrons. The zero-order chi connectivity index (χ0) is 16.6. The van der Waals surface area contributed by atoms with E-state index in [0.29, 0.717) is 5.56 Å². The summed E-state index contributed by atoms with van der Waals surface area (Å²) >= 11 is 0. The second kappa shape index (κ2) is 8.14. The zero-order valence-corrected chi connectivity index (χ0v) is 12.8. The van der Waals surface area contributed by atoms with E-state index in [1.54, 1.807) is 26.0 Å². The molecule has 0 bridgehead atoms. The standard InChI is InChI=1S/C13H20NO6P/c1-3-19-21(18,20-4-2)14-12(13(16)17)9-10-5-7-11(15)8-6-10/h5-8,12,15H,3-4,9H2,1-2H3,(H,14,18)(H,16,17)/t12-/m0/s1/i/hD. The van der Waals surface area contributed by atoms with Gasteiger partial charge in [0.15, 0.2) is 0 Å². The van der Waals surface area contributed by atoms with Gasteiger partial charge in [0.25, 0.3) is 1.43 Å². The van der Waals surface area contributed by atoms with Crippen molar-refractivity contribution in [2.75, 3.05) is 13.2 Å². The fourth-order valence-electron chi connectivity index (χ4n) is 1.69. The van der Waals surface area contributed by atoms with Crippen LogP contribution in [0.3, 0.4) is 0 Å². The molecule has 0 saturated carbocycles. The molecule has 7 nitrogen and oxygen atoms in total. The number of aliphatic carboxylic acids is 1. The van der Waals surface area contributed by atoms with E-state index in [1.165, 1.54) is 12.1 Å². The molecule has 0 aliphatic heterocycles. The summed E-state index contributed by atoms with van der Waals surface area (Å²) in [5.74, 6) is -0.821. The van der Waals surface area contributed by atoms with Crippen LogP contribution in [0, 0.1) is 0 Å². The number of aromatic hydroxyl groups is 1. The number of phenolic OH excluding ortho intramolecular Hbond substituents is 1. The fraction of sp³-hybridized carbons (Fsp3) is 0.462. The predicted molar refractivity (Wildman–Crippen MR) is 77.2 cm³/mol. The van der Waals surface area contributed by atoms with Gasteiger partial charge in [-0.05, 0) is 38.0 Å². The fourth-order valence-corrected chi connectivity index (χ4v) is 3.17. The van der Waals surface area contributed by atoms with Gasteiger partial charge in [0.05, 0.1) is 13.2 Å². The monoisotopic (exact) mass is 318 g/mol. The molecule has 118 valence electrons. The summed E-state index contributed by atoms with van der Waals surface area (Å²) in [7, 11) is -3.67. The maximum Gasteiger partial charge on any atom is 0.406 e. The first-order valence-electron chi connectivity index (χ1n) is 6.96. The van der Waals surface area contributed by atoms with Gasteiger partial charge in [-0.1, -0.05) is 12.1 Å². The molecule has 1 atom stereocenters. The molecule has 1 aromatic carbocycles. The van der Waals surface area contributed by atoms with Gasteiger partial charge < -0.3 is 10.2 Å². The zero-order valence-electron chi connectivity index (χ0n) is 12.9. The van der Waals surface area contributed by atoms with Crippen LogP contribution in [0.5, 0.6) is 5.75 Å². The number of hydrogen-bond donors (Lipinski definition) is 3. The van der Waals surface area contributed by atoms with E-state index in [1.807, 2.05) is 0 Å². The first kappa shape index (κ1) is 16.0. The molecule has 0 aliphatic rings. The summed E-state index contributed by atoms with van der Waals surface area (Å²) in [5.41, 5.74) is 0.681. The first-order chi connectivity index (χ1) is 10.4. The molecule has 0 fully saturated rings. The van der Waals surface area contributed by atoms with Crippen molar-refractivity contribution >= 4 is 13.7 Å². The Labute approximate surface area is 125 Å². The van der Waals surface area contributed by atoms with Gasteiger partial charge in [-0.3, -0.25) is 13.8 Å². The number of benzene rings is 1. The van der Waals surface area contributed by atoms with Crippen molar-refractivity contribution in [3.63, 3.8) is 0 Å². The quantitative estimate of drug-likeness (QED) is 0.599. The van der Waals surface area contributed by atoms with Crippen LogP contribution >= 0.6 is 7.75 Å². The highest BCUT2D eigenvalue weighted by Gasteiger charge is 2.31. The van der Waals surface area contributed by atoms with Crippen LogP contribution in [-0.2, 0) is 24.8 Å². The van der Waals surface area contributed by atoms with Crippen molar-refractivity contribution in [3.8, 4) is 5.75 Å². The van der Waals surface area contributed by atoms with Crippen LogP contribution in [-0.4, -0.2) is 35.4 Å². The summed E-state index contributed by atoms with van der Waals surface area (Å²) < 4.78 is 29.3. The lowest BCUT2D eigenvalue weighted by molar-refractivity contribution is -0.139. The first-order valence-corrected chi connectivity index (χ1v) is 8.10. The average molecular weight is 318 g/mol. The molecule has 3 N–H and O–H groups in total. The Morgan fingerprint density at radius 1 is 1.33 bits per heavy atom. The molecule has 0 saturated heterocycles. The van der Waals surface area contributed by atoms with Gasteiger partial charge in [0.2, 0.25) is 0 Å². The Kier molecular flexibility index (Phi) is 6.20. The van der Waals surface area contributed by atoms with Gasteiger partial charge in [0, 0.05) is 0 Å². The highest BCUT2D eigenvalue weighted by atomic mass is 31.2. The van der Waals surface area contributed by atoms with E-state index >= 15 is 0 Å². The van der Waals surface area contributed by atoms with Crippen LogP contribution in [0.1, 0.15) is 19.4 Å². The summed E-state index contributed by atoms with van der Waals surface area (Å²) in [4.78, 5) is 11.7. The lowest BCUT2D eigenvalue weighted by Crippen LogP contribution is -2.37. The normalized spacial score (nSPS) is 13.5. The lowest BCUT2D eigenvalue weighted by atomic mass is 10.1. The predicted octanol–water partition coefficient (Wildman–Crippen LogP) is 2.16. The number of phenols is 1. The van der Waals surface area contributed by atoms with E-state index in [9.17, 15) is 14.5 Å². The van der Waals surface area contributed by atoms with E-state index in [2.05, 4.69) is 10.2 Å². The Hall–Kier alpha value is -1.40. The summed E-state index contributed by atoms with van der Waals surface area (Å²) in [6.45, 7) is 3.55. The highest BCUT2D eigenvalue weighted by molar-refractivity contribution is 7.51. The molecular weight excluding hydrogens is 297 g/mol. The lowest BCUT2D eigenvalue weighted by Gasteiger charge is -2.22. The Bertz CT molecular complexity index is 514. The topological polar surface area (TPSA) is 105 Å². The third kappa shape index (κ3) is 5.85. The smallest absolute Gasteiger partial charge is 0.406 e. The minimum atomic E-state index is -3.67. The van der Waals surface area contributed by atoms with Crippen molar-refractivity contribution in [1.82, 2.24) is 5.09 Å². The van der Waals surface area contributed by atoms with Crippen molar-refractivity contribution in [3.05, 3.63) is 29.8 Å². The van der Waals surface area contributed by atoms with E-state index in [0.717, 1.165) is 0 Å². The molecule has 1 aromatic rings. The maximum atomic E-state index is 12.4. The van der Waals surface area contributed by atoms with Crippen LogP contribution in [0.2, 0.25) is 0 Å². The van der Waals surface area contributed by atoms with Gasteiger partial charge in [-0.25, -0.2) is 9.65 Å². The van der Waals surface area contributed by atoms with E-state index in [4.69, 9.17) is 10.5 Å².